The SMILES string of the molecule is O=C(O)c1cc2nnnn2cc1Br. The molecule has 66 valence electrons. The Kier molecular flexibility index (Phi) is 1.73. The van der Waals surface area contributed by atoms with Crippen LogP contribution in [0.2, 0.25) is 0 Å². The fourth-order valence-corrected chi connectivity index (χ4v) is 1.40. The molecule has 0 bridgehead atoms. The van der Waals surface area contributed by atoms with Gasteiger partial charge in [0.1, 0.15) is 0 Å². The Morgan fingerprint density at radius 3 is 3.08 bits per heavy atom. The number of pyridine rings is 1. The first kappa shape index (κ1) is 8.11. The largest absolute Gasteiger partial charge is 0.478 e. The summed E-state index contributed by atoms with van der Waals surface area (Å²) in [5.74, 6) is -1.02. The summed E-state index contributed by atoms with van der Waals surface area (Å²) in [6, 6.07) is 1.40. The van der Waals surface area contributed by atoms with E-state index in [0.29, 0.717) is 10.1 Å². The zero-order chi connectivity index (χ0) is 9.42. The lowest BCUT2D eigenvalue weighted by Gasteiger charge is -1.97. The standard InChI is InChI=1S/C6H3BrN4O2/c7-4-2-11-5(8-9-10-11)1-3(4)6(12)13/h1-2H,(H,12,13). The van der Waals surface area contributed by atoms with Crippen molar-refractivity contribution in [3.05, 3.63) is 22.3 Å². The van der Waals surface area contributed by atoms with Gasteiger partial charge in [0.15, 0.2) is 5.65 Å². The molecule has 0 saturated heterocycles. The van der Waals surface area contributed by atoms with Gasteiger partial charge < -0.3 is 5.11 Å². The zero-order valence-corrected chi connectivity index (χ0v) is 7.76. The average Bonchev–Trinajstić information content (AvgIpc) is 2.48. The third kappa shape index (κ3) is 1.26. The number of halogens is 1. The van der Waals surface area contributed by atoms with E-state index in [9.17, 15) is 4.79 Å². The molecular weight excluding hydrogens is 240 g/mol. The number of tetrazole rings is 1. The number of nitrogens with zero attached hydrogens (tertiary/aromatic N) is 4. The molecule has 2 rings (SSSR count). The molecular formula is C6H3BrN4O2. The summed E-state index contributed by atoms with van der Waals surface area (Å²) in [5.41, 5.74) is 0.544. The number of hydrogen-bond acceptors (Lipinski definition) is 4. The van der Waals surface area contributed by atoms with E-state index < -0.39 is 5.97 Å². The maximum absolute atomic E-state index is 10.7. The Balaban J connectivity index is 2.76. The minimum atomic E-state index is -1.02. The van der Waals surface area contributed by atoms with Crippen LogP contribution in [0.15, 0.2) is 16.7 Å². The highest BCUT2D eigenvalue weighted by Crippen LogP contribution is 2.16. The number of rotatable bonds is 1. The van der Waals surface area contributed by atoms with Gasteiger partial charge in [0.2, 0.25) is 0 Å². The molecule has 0 aliphatic heterocycles. The molecule has 0 atom stereocenters. The van der Waals surface area contributed by atoms with Crippen molar-refractivity contribution in [2.45, 2.75) is 0 Å². The number of carboxylic acid groups (broad SMARTS) is 1. The van der Waals surface area contributed by atoms with Gasteiger partial charge >= 0.3 is 5.97 Å². The lowest BCUT2D eigenvalue weighted by Crippen LogP contribution is -2.00. The maximum atomic E-state index is 10.7. The first-order valence-electron chi connectivity index (χ1n) is 3.29. The lowest BCUT2D eigenvalue weighted by atomic mass is 10.3. The van der Waals surface area contributed by atoms with E-state index >= 15 is 0 Å². The molecule has 0 unspecified atom stereocenters. The summed E-state index contributed by atoms with van der Waals surface area (Å²) in [7, 11) is 0. The summed E-state index contributed by atoms with van der Waals surface area (Å²) >= 11 is 3.11. The lowest BCUT2D eigenvalue weighted by molar-refractivity contribution is 0.0696. The first-order chi connectivity index (χ1) is 6.18. The van der Waals surface area contributed by atoms with Crippen molar-refractivity contribution in [2.75, 3.05) is 0 Å². The van der Waals surface area contributed by atoms with Crippen LogP contribution in [0, 0.1) is 0 Å². The Bertz CT molecular complexity index is 480. The first-order valence-corrected chi connectivity index (χ1v) is 4.08. The highest BCUT2D eigenvalue weighted by molar-refractivity contribution is 9.10. The molecule has 2 heterocycles. The van der Waals surface area contributed by atoms with Crippen molar-refractivity contribution in [1.29, 1.82) is 0 Å². The second-order valence-corrected chi connectivity index (χ2v) is 3.18. The van der Waals surface area contributed by atoms with Crippen molar-refractivity contribution < 1.29 is 9.90 Å². The van der Waals surface area contributed by atoms with Gasteiger partial charge in [0, 0.05) is 12.3 Å². The monoisotopic (exact) mass is 242 g/mol. The quantitative estimate of drug-likeness (QED) is 0.792. The molecule has 6 nitrogen and oxygen atoms in total. The molecule has 0 aliphatic carbocycles. The molecule has 0 spiro atoms. The van der Waals surface area contributed by atoms with Gasteiger partial charge in [-0.3, -0.25) is 0 Å². The minimum absolute atomic E-state index is 0.141. The smallest absolute Gasteiger partial charge is 0.337 e. The normalized spacial score (nSPS) is 10.5. The number of carboxylic acids is 1. The van der Waals surface area contributed by atoms with Crippen molar-refractivity contribution >= 4 is 27.5 Å². The van der Waals surface area contributed by atoms with Gasteiger partial charge in [-0.2, -0.15) is 4.52 Å². The van der Waals surface area contributed by atoms with Gasteiger partial charge in [-0.05, 0) is 26.4 Å². The molecule has 7 heteroatoms. The van der Waals surface area contributed by atoms with Crippen LogP contribution >= 0.6 is 15.9 Å². The predicted octanol–water partition coefficient (Wildman–Crippen LogP) is 0.585. The van der Waals surface area contributed by atoms with E-state index in [1.165, 1.54) is 16.8 Å². The van der Waals surface area contributed by atoms with Gasteiger partial charge in [-0.15, -0.1) is 5.10 Å². The van der Waals surface area contributed by atoms with Crippen LogP contribution in [0.25, 0.3) is 5.65 Å². The van der Waals surface area contributed by atoms with Gasteiger partial charge in [0.25, 0.3) is 0 Å². The summed E-state index contributed by atoms with van der Waals surface area (Å²) in [4.78, 5) is 10.7. The fraction of sp³-hybridized carbons (Fsp3) is 0. The highest BCUT2D eigenvalue weighted by atomic mass is 79.9. The van der Waals surface area contributed by atoms with E-state index in [-0.39, 0.29) is 5.56 Å². The van der Waals surface area contributed by atoms with Crippen LogP contribution < -0.4 is 0 Å². The van der Waals surface area contributed by atoms with Crippen molar-refractivity contribution in [1.82, 2.24) is 20.0 Å². The van der Waals surface area contributed by atoms with Crippen molar-refractivity contribution in [2.24, 2.45) is 0 Å². The third-order valence-electron chi connectivity index (χ3n) is 1.52. The Hall–Kier alpha value is -1.50. The topological polar surface area (TPSA) is 80.4 Å². The van der Waals surface area contributed by atoms with Crippen LogP contribution in [0.5, 0.6) is 0 Å². The Morgan fingerprint density at radius 1 is 1.62 bits per heavy atom. The van der Waals surface area contributed by atoms with Crippen LogP contribution in [-0.2, 0) is 0 Å². The predicted molar refractivity (Wildman–Crippen MR) is 45.4 cm³/mol. The summed E-state index contributed by atoms with van der Waals surface area (Å²) in [6.45, 7) is 0. The molecule has 0 aliphatic rings. The summed E-state index contributed by atoms with van der Waals surface area (Å²) < 4.78 is 1.83. The van der Waals surface area contributed by atoms with Crippen LogP contribution in [0.1, 0.15) is 10.4 Å². The second-order valence-electron chi connectivity index (χ2n) is 2.32. The molecule has 1 N–H and O–H groups in total. The van der Waals surface area contributed by atoms with E-state index in [1.807, 2.05) is 0 Å². The fourth-order valence-electron chi connectivity index (χ4n) is 0.926. The van der Waals surface area contributed by atoms with Crippen LogP contribution in [0.3, 0.4) is 0 Å². The van der Waals surface area contributed by atoms with Gasteiger partial charge in [-0.25, -0.2) is 4.79 Å². The molecule has 0 fully saturated rings. The molecule has 0 radical (unpaired) electrons. The van der Waals surface area contributed by atoms with E-state index in [2.05, 4.69) is 31.5 Å². The number of fused-ring (bicyclic) bond motifs is 1. The van der Waals surface area contributed by atoms with Gasteiger partial charge in [0.05, 0.1) is 10.0 Å². The van der Waals surface area contributed by atoms with Crippen LogP contribution in [-0.4, -0.2) is 31.1 Å². The van der Waals surface area contributed by atoms with Gasteiger partial charge in [-0.1, -0.05) is 0 Å². The van der Waals surface area contributed by atoms with E-state index in [4.69, 9.17) is 5.11 Å². The maximum Gasteiger partial charge on any atom is 0.337 e. The average molecular weight is 243 g/mol. The third-order valence-corrected chi connectivity index (χ3v) is 2.15. The summed E-state index contributed by atoms with van der Waals surface area (Å²) in [6.07, 6.45) is 1.50. The van der Waals surface area contributed by atoms with E-state index in [1.54, 1.807) is 0 Å². The molecule has 0 amide bonds. The highest BCUT2D eigenvalue weighted by Gasteiger charge is 2.10. The molecule has 0 aromatic carbocycles. The summed E-state index contributed by atoms with van der Waals surface area (Å²) in [5, 5.41) is 19.4. The molecule has 2 aromatic rings. The number of aromatic carboxylic acids is 1. The van der Waals surface area contributed by atoms with Crippen molar-refractivity contribution in [3.63, 3.8) is 0 Å². The minimum Gasteiger partial charge on any atom is -0.478 e. The second kappa shape index (κ2) is 2.77. The number of carbonyl (C=O) groups is 1. The van der Waals surface area contributed by atoms with E-state index in [0.717, 1.165) is 0 Å². The zero-order valence-electron chi connectivity index (χ0n) is 6.18. The Morgan fingerprint density at radius 2 is 2.38 bits per heavy atom. The number of aromatic nitrogens is 4. The van der Waals surface area contributed by atoms with Crippen molar-refractivity contribution in [3.8, 4) is 0 Å². The molecule has 0 saturated carbocycles. The molecule has 2 aromatic heterocycles. The molecule has 13 heavy (non-hydrogen) atoms. The van der Waals surface area contributed by atoms with Crippen LogP contribution in [0.4, 0.5) is 0 Å². The Labute approximate surface area is 80.3 Å². The number of hydrogen-bond donors (Lipinski definition) is 1.